The highest BCUT2D eigenvalue weighted by atomic mass is 19.4. The number of benzene rings is 4. The largest absolute Gasteiger partial charge is 0.416 e. The van der Waals surface area contributed by atoms with Gasteiger partial charge in [-0.3, -0.25) is 9.36 Å². The normalized spacial score (nSPS) is 12.6. The molecule has 0 aliphatic heterocycles. The zero-order valence-electron chi connectivity index (χ0n) is 22.8. The van der Waals surface area contributed by atoms with Gasteiger partial charge in [-0.05, 0) is 66.1 Å². The molecule has 0 saturated carbocycles. The van der Waals surface area contributed by atoms with Crippen molar-refractivity contribution in [1.29, 1.82) is 0 Å². The van der Waals surface area contributed by atoms with Gasteiger partial charge in [0.25, 0.3) is 5.56 Å². The van der Waals surface area contributed by atoms with Crippen LogP contribution in [0.5, 0.6) is 0 Å². The van der Waals surface area contributed by atoms with E-state index in [1.54, 1.807) is 31.2 Å². The van der Waals surface area contributed by atoms with E-state index in [2.05, 4.69) is 5.32 Å². The maximum absolute atomic E-state index is 13.9. The number of urea groups is 1. The number of alkyl halides is 3. The smallest absolute Gasteiger partial charge is 0.314 e. The molecule has 0 bridgehead atoms. The van der Waals surface area contributed by atoms with Crippen LogP contribution in [0.2, 0.25) is 0 Å². The number of hydrogen-bond donors (Lipinski definition) is 1. The van der Waals surface area contributed by atoms with Crippen LogP contribution in [0.3, 0.4) is 0 Å². The molecular formula is C32H29F3N4O2. The second kappa shape index (κ2) is 11.1. The maximum Gasteiger partial charge on any atom is 0.416 e. The van der Waals surface area contributed by atoms with Gasteiger partial charge in [0, 0.05) is 12.2 Å². The first-order valence-electron chi connectivity index (χ1n) is 13.3. The molecule has 0 aliphatic rings. The number of carbonyl (C=O) groups excluding carboxylic acids is 1. The number of rotatable bonds is 6. The Morgan fingerprint density at radius 1 is 0.902 bits per heavy atom. The second-order valence-corrected chi connectivity index (χ2v) is 10.4. The number of halogens is 3. The standard InChI is InChI=1S/C32H29F3N4O2/c1-20(2)19-38(31(41)36-25-12-8-11-24(18-25)32(33,34)35)21(3)29-37-28-14-7-6-13-27(28)30(40)39(29)26-16-15-22-9-4-5-10-23(22)17-26/h4-18,20-21H,19H2,1-3H3,(H,36,41). The number of para-hydroxylation sites is 1. The summed E-state index contributed by atoms with van der Waals surface area (Å²) in [5.74, 6) is 0.356. The molecule has 210 valence electrons. The van der Waals surface area contributed by atoms with Crippen molar-refractivity contribution >= 4 is 33.4 Å². The van der Waals surface area contributed by atoms with E-state index in [0.29, 0.717) is 22.4 Å². The first-order chi connectivity index (χ1) is 19.5. The Hall–Kier alpha value is -4.66. The minimum absolute atomic E-state index is 0.0178. The molecule has 4 aromatic carbocycles. The summed E-state index contributed by atoms with van der Waals surface area (Å²) < 4.78 is 41.4. The fourth-order valence-corrected chi connectivity index (χ4v) is 4.91. The Kier molecular flexibility index (Phi) is 7.53. The molecule has 5 aromatic rings. The van der Waals surface area contributed by atoms with Crippen molar-refractivity contribution in [2.24, 2.45) is 5.92 Å². The van der Waals surface area contributed by atoms with Gasteiger partial charge in [0.15, 0.2) is 0 Å². The van der Waals surface area contributed by atoms with E-state index >= 15 is 0 Å². The minimum atomic E-state index is -4.55. The highest BCUT2D eigenvalue weighted by Crippen LogP contribution is 2.31. The summed E-state index contributed by atoms with van der Waals surface area (Å²) in [6, 6.07) is 23.6. The Balaban J connectivity index is 1.62. The molecular weight excluding hydrogens is 529 g/mol. The van der Waals surface area contributed by atoms with Gasteiger partial charge in [0.2, 0.25) is 0 Å². The average Bonchev–Trinajstić information content (AvgIpc) is 2.95. The van der Waals surface area contributed by atoms with Gasteiger partial charge in [0.05, 0.1) is 28.2 Å². The van der Waals surface area contributed by atoms with Crippen LogP contribution in [-0.4, -0.2) is 27.0 Å². The summed E-state index contributed by atoms with van der Waals surface area (Å²) in [7, 11) is 0. The van der Waals surface area contributed by atoms with Gasteiger partial charge < -0.3 is 10.2 Å². The highest BCUT2D eigenvalue weighted by Gasteiger charge is 2.31. The number of amides is 2. The summed E-state index contributed by atoms with van der Waals surface area (Å²) in [6.07, 6.45) is -4.55. The van der Waals surface area contributed by atoms with E-state index in [9.17, 15) is 22.8 Å². The summed E-state index contributed by atoms with van der Waals surface area (Å²) in [5.41, 5.74) is -0.0458. The number of nitrogens with one attached hydrogen (secondary N) is 1. The third kappa shape index (κ3) is 5.79. The lowest BCUT2D eigenvalue weighted by atomic mass is 10.1. The van der Waals surface area contributed by atoms with Crippen molar-refractivity contribution in [1.82, 2.24) is 14.5 Å². The van der Waals surface area contributed by atoms with Crippen LogP contribution in [0.1, 0.15) is 38.2 Å². The van der Waals surface area contributed by atoms with Crippen LogP contribution in [0.4, 0.5) is 23.7 Å². The molecule has 1 atom stereocenters. The number of fused-ring (bicyclic) bond motifs is 2. The highest BCUT2D eigenvalue weighted by molar-refractivity contribution is 5.90. The Bertz CT molecular complexity index is 1800. The minimum Gasteiger partial charge on any atom is -0.314 e. The molecule has 41 heavy (non-hydrogen) atoms. The van der Waals surface area contributed by atoms with E-state index < -0.39 is 23.8 Å². The number of nitrogens with zero attached hydrogens (tertiary/aromatic N) is 3. The van der Waals surface area contributed by atoms with Crippen molar-refractivity contribution in [2.75, 3.05) is 11.9 Å². The fraction of sp³-hybridized carbons (Fsp3) is 0.219. The molecule has 9 heteroatoms. The summed E-state index contributed by atoms with van der Waals surface area (Å²) in [5, 5.41) is 4.99. The first-order valence-corrected chi connectivity index (χ1v) is 13.3. The maximum atomic E-state index is 13.9. The predicted molar refractivity (Wildman–Crippen MR) is 155 cm³/mol. The average molecular weight is 559 g/mol. The number of carbonyl (C=O) groups is 1. The lowest BCUT2D eigenvalue weighted by molar-refractivity contribution is -0.137. The van der Waals surface area contributed by atoms with Crippen LogP contribution in [0.15, 0.2) is 95.8 Å². The van der Waals surface area contributed by atoms with Gasteiger partial charge in [0.1, 0.15) is 5.82 Å². The lowest BCUT2D eigenvalue weighted by Crippen LogP contribution is -2.41. The van der Waals surface area contributed by atoms with Gasteiger partial charge in [-0.1, -0.05) is 62.4 Å². The van der Waals surface area contributed by atoms with Crippen molar-refractivity contribution in [3.05, 3.63) is 113 Å². The van der Waals surface area contributed by atoms with Crippen molar-refractivity contribution in [3.63, 3.8) is 0 Å². The molecule has 6 nitrogen and oxygen atoms in total. The van der Waals surface area contributed by atoms with Crippen molar-refractivity contribution in [2.45, 2.75) is 33.0 Å². The Labute approximate surface area is 235 Å². The fourth-order valence-electron chi connectivity index (χ4n) is 4.91. The molecule has 0 radical (unpaired) electrons. The third-order valence-electron chi connectivity index (χ3n) is 6.90. The molecule has 1 N–H and O–H groups in total. The molecule has 1 heterocycles. The van der Waals surface area contributed by atoms with Crippen LogP contribution < -0.4 is 10.9 Å². The monoisotopic (exact) mass is 558 g/mol. The topological polar surface area (TPSA) is 67.2 Å². The predicted octanol–water partition coefficient (Wildman–Crippen LogP) is 7.81. The van der Waals surface area contributed by atoms with Gasteiger partial charge in [-0.25, -0.2) is 9.78 Å². The molecule has 0 spiro atoms. The van der Waals surface area contributed by atoms with Crippen LogP contribution >= 0.6 is 0 Å². The zero-order valence-corrected chi connectivity index (χ0v) is 22.8. The van der Waals surface area contributed by atoms with Crippen molar-refractivity contribution in [3.8, 4) is 5.69 Å². The summed E-state index contributed by atoms with van der Waals surface area (Å²) in [4.78, 5) is 33.9. The first kappa shape index (κ1) is 27.9. The van der Waals surface area contributed by atoms with Gasteiger partial charge in [-0.15, -0.1) is 0 Å². The number of anilines is 1. The lowest BCUT2D eigenvalue weighted by Gasteiger charge is -2.32. The van der Waals surface area contributed by atoms with E-state index in [-0.39, 0.29) is 23.7 Å². The molecule has 0 aliphatic carbocycles. The Morgan fingerprint density at radius 2 is 1.61 bits per heavy atom. The zero-order chi connectivity index (χ0) is 29.3. The SMILES string of the molecule is CC(C)CN(C(=O)Nc1cccc(C(F)(F)F)c1)C(C)c1nc2ccccc2c(=O)n1-c1ccc2ccccc2c1. The third-order valence-corrected chi connectivity index (χ3v) is 6.90. The van der Waals surface area contributed by atoms with E-state index in [1.165, 1.54) is 21.6 Å². The van der Waals surface area contributed by atoms with E-state index in [4.69, 9.17) is 4.98 Å². The van der Waals surface area contributed by atoms with Crippen LogP contribution in [0.25, 0.3) is 27.4 Å². The molecule has 5 rings (SSSR count). The van der Waals surface area contributed by atoms with Crippen molar-refractivity contribution < 1.29 is 18.0 Å². The summed E-state index contributed by atoms with van der Waals surface area (Å²) >= 11 is 0. The van der Waals surface area contributed by atoms with Crippen LogP contribution in [0, 0.1) is 5.92 Å². The van der Waals surface area contributed by atoms with E-state index in [0.717, 1.165) is 22.9 Å². The van der Waals surface area contributed by atoms with Gasteiger partial charge >= 0.3 is 12.2 Å². The Morgan fingerprint density at radius 3 is 2.34 bits per heavy atom. The van der Waals surface area contributed by atoms with Crippen LogP contribution in [-0.2, 0) is 6.18 Å². The van der Waals surface area contributed by atoms with Gasteiger partial charge in [-0.2, -0.15) is 13.2 Å². The second-order valence-electron chi connectivity index (χ2n) is 10.4. The summed E-state index contributed by atoms with van der Waals surface area (Å²) in [6.45, 7) is 5.90. The van der Waals surface area contributed by atoms with E-state index in [1.807, 2.05) is 56.3 Å². The number of aromatic nitrogens is 2. The quantitative estimate of drug-likeness (QED) is 0.231. The molecule has 2 amide bonds. The molecule has 1 unspecified atom stereocenters. The molecule has 0 fully saturated rings. The molecule has 0 saturated heterocycles. The number of hydrogen-bond acceptors (Lipinski definition) is 3. The molecule has 1 aromatic heterocycles.